The van der Waals surface area contributed by atoms with Crippen LogP contribution in [0.1, 0.15) is 0 Å². The second kappa shape index (κ2) is 8.19. The van der Waals surface area contributed by atoms with E-state index in [0.29, 0.717) is 22.5 Å². The number of non-ortho nitro benzene ring substituents is 2. The molecule has 4 rings (SSSR count). The Kier molecular flexibility index (Phi) is 5.26. The van der Waals surface area contributed by atoms with Gasteiger partial charge >= 0.3 is 0 Å². The zero-order valence-corrected chi connectivity index (χ0v) is 16.8. The maximum atomic E-state index is 11.1. The van der Waals surface area contributed by atoms with Gasteiger partial charge in [-0.3, -0.25) is 20.2 Å². The second-order valence-electron chi connectivity index (χ2n) is 7.18. The van der Waals surface area contributed by atoms with Gasteiger partial charge < -0.3 is 11.5 Å². The number of nitrogens with two attached hydrogens (primary N) is 2. The Morgan fingerprint density at radius 2 is 0.969 bits per heavy atom. The van der Waals surface area contributed by atoms with E-state index in [4.69, 9.17) is 11.5 Å². The van der Waals surface area contributed by atoms with Crippen LogP contribution in [0.15, 0.2) is 84.9 Å². The largest absolute Gasteiger partial charge is 0.399 e. The van der Waals surface area contributed by atoms with E-state index < -0.39 is 9.85 Å². The van der Waals surface area contributed by atoms with E-state index in [2.05, 4.69) is 0 Å². The molecule has 0 saturated heterocycles. The molecule has 4 aromatic rings. The topological polar surface area (TPSA) is 138 Å². The molecule has 4 N–H and O–H groups in total. The molecule has 0 radical (unpaired) electrons. The van der Waals surface area contributed by atoms with Gasteiger partial charge in [-0.05, 0) is 70.3 Å². The van der Waals surface area contributed by atoms with E-state index >= 15 is 0 Å². The highest BCUT2D eigenvalue weighted by atomic mass is 16.6. The number of anilines is 2. The van der Waals surface area contributed by atoms with Gasteiger partial charge in [0.05, 0.1) is 9.85 Å². The van der Waals surface area contributed by atoms with Crippen LogP contribution < -0.4 is 11.5 Å². The smallest absolute Gasteiger partial charge is 0.269 e. The fourth-order valence-electron chi connectivity index (χ4n) is 3.63. The molecular weight excluding hydrogens is 408 g/mol. The zero-order valence-electron chi connectivity index (χ0n) is 16.8. The van der Waals surface area contributed by atoms with Crippen molar-refractivity contribution in [2.75, 3.05) is 11.5 Å². The monoisotopic (exact) mass is 426 g/mol. The molecule has 32 heavy (non-hydrogen) atoms. The molecule has 0 amide bonds. The zero-order chi connectivity index (χ0) is 22.8. The molecule has 8 nitrogen and oxygen atoms in total. The van der Waals surface area contributed by atoms with Crippen LogP contribution in [0.5, 0.6) is 0 Å². The van der Waals surface area contributed by atoms with Gasteiger partial charge in [0.15, 0.2) is 0 Å². The van der Waals surface area contributed by atoms with Crippen molar-refractivity contribution in [1.29, 1.82) is 0 Å². The summed E-state index contributed by atoms with van der Waals surface area (Å²) in [6, 6.07) is 23.3. The Balaban J connectivity index is 1.99. The molecule has 0 unspecified atom stereocenters. The Labute approximate surface area is 183 Å². The van der Waals surface area contributed by atoms with Crippen molar-refractivity contribution in [3.05, 3.63) is 105 Å². The van der Waals surface area contributed by atoms with Gasteiger partial charge in [-0.15, -0.1) is 0 Å². The summed E-state index contributed by atoms with van der Waals surface area (Å²) >= 11 is 0. The normalized spacial score (nSPS) is 10.6. The van der Waals surface area contributed by atoms with Crippen molar-refractivity contribution in [2.45, 2.75) is 0 Å². The summed E-state index contributed by atoms with van der Waals surface area (Å²) in [4.78, 5) is 21.3. The minimum Gasteiger partial charge on any atom is -0.399 e. The lowest BCUT2D eigenvalue weighted by Gasteiger charge is -2.18. The lowest BCUT2D eigenvalue weighted by molar-refractivity contribution is -0.385. The molecule has 0 spiro atoms. The number of nitro groups is 2. The number of nitro benzene ring substituents is 2. The first-order valence-electron chi connectivity index (χ1n) is 9.63. The molecule has 0 fully saturated rings. The number of nitrogens with zero attached hydrogens (tertiary/aromatic N) is 2. The molecular formula is C24H18N4O4. The van der Waals surface area contributed by atoms with E-state index in [1.165, 1.54) is 24.3 Å². The minimum atomic E-state index is -0.463. The fourth-order valence-corrected chi connectivity index (χ4v) is 3.63. The fraction of sp³-hybridized carbons (Fsp3) is 0. The maximum Gasteiger partial charge on any atom is 0.269 e. The predicted molar refractivity (Wildman–Crippen MR) is 125 cm³/mol. The van der Waals surface area contributed by atoms with Crippen molar-refractivity contribution in [1.82, 2.24) is 0 Å². The molecule has 0 saturated carbocycles. The first-order valence-corrected chi connectivity index (χ1v) is 9.63. The van der Waals surface area contributed by atoms with Crippen LogP contribution in [0.2, 0.25) is 0 Å². The summed E-state index contributed by atoms with van der Waals surface area (Å²) in [6.45, 7) is 0. The van der Waals surface area contributed by atoms with Gasteiger partial charge in [0.25, 0.3) is 11.4 Å². The Morgan fingerprint density at radius 3 is 1.44 bits per heavy atom. The molecule has 158 valence electrons. The van der Waals surface area contributed by atoms with E-state index in [0.717, 1.165) is 22.3 Å². The summed E-state index contributed by atoms with van der Waals surface area (Å²) < 4.78 is 0. The third-order valence-corrected chi connectivity index (χ3v) is 5.19. The molecule has 4 aromatic carbocycles. The molecule has 8 heteroatoms. The average Bonchev–Trinajstić information content (AvgIpc) is 2.79. The Hall–Kier alpha value is -4.72. The van der Waals surface area contributed by atoms with E-state index in [1.807, 2.05) is 18.2 Å². The highest BCUT2D eigenvalue weighted by Crippen LogP contribution is 2.44. The third kappa shape index (κ3) is 3.84. The van der Waals surface area contributed by atoms with E-state index in [1.54, 1.807) is 42.5 Å². The lowest BCUT2D eigenvalue weighted by atomic mass is 9.86. The Bertz CT molecular complexity index is 1320. The van der Waals surface area contributed by atoms with Crippen LogP contribution in [0.3, 0.4) is 0 Å². The molecule has 0 aromatic heterocycles. The summed E-state index contributed by atoms with van der Waals surface area (Å²) in [5.74, 6) is 0. The van der Waals surface area contributed by atoms with Gasteiger partial charge in [0.1, 0.15) is 0 Å². The quantitative estimate of drug-likeness (QED) is 0.239. The Morgan fingerprint density at radius 1 is 0.531 bits per heavy atom. The average molecular weight is 426 g/mol. The summed E-state index contributed by atoms with van der Waals surface area (Å²) in [5.41, 5.74) is 17.9. The summed E-state index contributed by atoms with van der Waals surface area (Å²) in [7, 11) is 0. The molecule has 0 bridgehead atoms. The van der Waals surface area contributed by atoms with Crippen molar-refractivity contribution >= 4 is 22.7 Å². The first kappa shape index (κ1) is 20.5. The highest BCUT2D eigenvalue weighted by Gasteiger charge is 2.19. The van der Waals surface area contributed by atoms with Crippen LogP contribution in [0, 0.1) is 20.2 Å². The van der Waals surface area contributed by atoms with Crippen LogP contribution >= 0.6 is 0 Å². The first-order chi connectivity index (χ1) is 15.3. The highest BCUT2D eigenvalue weighted by molar-refractivity contribution is 5.99. The van der Waals surface area contributed by atoms with Crippen molar-refractivity contribution in [3.63, 3.8) is 0 Å². The van der Waals surface area contributed by atoms with Gasteiger partial charge in [-0.2, -0.15) is 0 Å². The number of benzene rings is 4. The number of hydrogen-bond acceptors (Lipinski definition) is 6. The molecule has 0 atom stereocenters. The maximum absolute atomic E-state index is 11.1. The minimum absolute atomic E-state index is 0.0245. The van der Waals surface area contributed by atoms with Gasteiger partial charge in [-0.1, -0.05) is 18.2 Å². The molecule has 0 aliphatic rings. The van der Waals surface area contributed by atoms with E-state index in [9.17, 15) is 20.2 Å². The predicted octanol–water partition coefficient (Wildman–Crippen LogP) is 5.67. The van der Waals surface area contributed by atoms with Crippen molar-refractivity contribution < 1.29 is 9.85 Å². The summed E-state index contributed by atoms with van der Waals surface area (Å²) in [5, 5.41) is 22.2. The molecule has 0 aliphatic heterocycles. The van der Waals surface area contributed by atoms with Crippen molar-refractivity contribution in [3.8, 4) is 33.4 Å². The van der Waals surface area contributed by atoms with Gasteiger partial charge in [-0.25, -0.2) is 0 Å². The SMILES string of the molecule is Nc1ccc(-c2ccc(N)c(-c3ccc([N+](=O)[O-])cc3)c2-c2ccc([N+](=O)[O-])cc2)cc1. The van der Waals surface area contributed by atoms with Crippen molar-refractivity contribution in [2.24, 2.45) is 0 Å². The van der Waals surface area contributed by atoms with Crippen LogP contribution in [0.4, 0.5) is 22.7 Å². The number of hydrogen-bond donors (Lipinski definition) is 2. The van der Waals surface area contributed by atoms with Gasteiger partial charge in [0.2, 0.25) is 0 Å². The molecule has 0 heterocycles. The van der Waals surface area contributed by atoms with Crippen LogP contribution in [0.25, 0.3) is 33.4 Å². The summed E-state index contributed by atoms with van der Waals surface area (Å²) in [6.07, 6.45) is 0. The molecule has 0 aliphatic carbocycles. The van der Waals surface area contributed by atoms with E-state index in [-0.39, 0.29) is 11.4 Å². The second-order valence-corrected chi connectivity index (χ2v) is 7.18. The van der Waals surface area contributed by atoms with Crippen LogP contribution in [-0.2, 0) is 0 Å². The third-order valence-electron chi connectivity index (χ3n) is 5.19. The van der Waals surface area contributed by atoms with Crippen LogP contribution in [-0.4, -0.2) is 9.85 Å². The number of nitrogen functional groups attached to an aromatic ring is 2. The standard InChI is InChI=1S/C24H18N4O4/c25-18-7-1-15(2-8-18)21-13-14-22(26)24(17-5-11-20(12-6-17)28(31)32)23(21)16-3-9-19(10-4-16)27(29)30/h1-14H,25-26H2. The van der Waals surface area contributed by atoms with Gasteiger partial charge in [0, 0.05) is 41.2 Å². The number of rotatable bonds is 5. The lowest BCUT2D eigenvalue weighted by Crippen LogP contribution is -1.97.